The number of imidazole rings is 1. The van der Waals surface area contributed by atoms with Gasteiger partial charge in [0.25, 0.3) is 0 Å². The lowest BCUT2D eigenvalue weighted by Gasteiger charge is -2.06. The van der Waals surface area contributed by atoms with Crippen LogP contribution in [-0.2, 0) is 9.59 Å². The van der Waals surface area contributed by atoms with E-state index in [4.69, 9.17) is 21.2 Å². The monoisotopic (exact) mass is 438 g/mol. The summed E-state index contributed by atoms with van der Waals surface area (Å²) in [7, 11) is 3.47. The topological polar surface area (TPSA) is 101 Å². The number of fused-ring (bicyclic) bond motifs is 1. The van der Waals surface area contributed by atoms with E-state index in [0.717, 1.165) is 40.1 Å². The second-order valence-electron chi connectivity index (χ2n) is 5.98. The molecule has 8 nitrogen and oxygen atoms in total. The number of hydrogen-bond donors (Lipinski definition) is 2. The summed E-state index contributed by atoms with van der Waals surface area (Å²) >= 11 is 5.85. The molecule has 2 N–H and O–H groups in total. The van der Waals surface area contributed by atoms with Gasteiger partial charge in [-0.2, -0.15) is 0 Å². The fourth-order valence-corrected chi connectivity index (χ4v) is 2.70. The van der Waals surface area contributed by atoms with E-state index < -0.39 is 0 Å². The van der Waals surface area contributed by atoms with Gasteiger partial charge in [0.05, 0.1) is 23.8 Å². The Kier molecular flexibility index (Phi) is 9.13. The van der Waals surface area contributed by atoms with Crippen LogP contribution in [0.15, 0.2) is 61.2 Å². The number of carbonyl (C=O) groups excluding carboxylic acids is 2. The lowest BCUT2D eigenvalue weighted by Crippen LogP contribution is -1.98. The minimum absolute atomic E-state index is 0.466. The first-order valence-electron chi connectivity index (χ1n) is 9.31. The molecule has 0 unspecified atom stereocenters. The summed E-state index contributed by atoms with van der Waals surface area (Å²) in [5, 5.41) is 5.84. The third-order valence-corrected chi connectivity index (χ3v) is 4.23. The predicted molar refractivity (Wildman–Crippen MR) is 123 cm³/mol. The van der Waals surface area contributed by atoms with Gasteiger partial charge in [-0.1, -0.05) is 23.7 Å². The maximum atomic E-state index is 9.06. The van der Waals surface area contributed by atoms with Crippen molar-refractivity contribution >= 4 is 35.6 Å². The highest BCUT2D eigenvalue weighted by molar-refractivity contribution is 6.29. The van der Waals surface area contributed by atoms with Crippen LogP contribution in [0.3, 0.4) is 0 Å². The molecule has 31 heavy (non-hydrogen) atoms. The number of nitrogens with one attached hydrogen (secondary N) is 2. The molecule has 0 saturated carbocycles. The molecule has 0 atom stereocenters. The number of carbonyl (C=O) groups is 2. The summed E-state index contributed by atoms with van der Waals surface area (Å²) in [5.74, 6) is 0. The number of anilines is 1. The standard InChI is InChI=1S/C18H14ClN5.C2H5NO.C2H4O/c1-20-14-5-2-12(3-6-14)16-9-23-18-10-21-15(11-24(16)18)13-4-7-17(19)22-8-13;1-3-2-4;1-2-3/h2-11,20H,1H3;2H,1H3,(H,3,4);2H,1H3. The van der Waals surface area contributed by atoms with Crippen molar-refractivity contribution in [2.75, 3.05) is 19.4 Å². The summed E-state index contributed by atoms with van der Waals surface area (Å²) in [4.78, 5) is 30.9. The zero-order chi connectivity index (χ0) is 22.6. The Bertz CT molecular complexity index is 1110. The van der Waals surface area contributed by atoms with Crippen molar-refractivity contribution in [1.82, 2.24) is 24.7 Å². The fourth-order valence-electron chi connectivity index (χ4n) is 2.59. The van der Waals surface area contributed by atoms with E-state index >= 15 is 0 Å². The van der Waals surface area contributed by atoms with Crippen LogP contribution in [0.4, 0.5) is 5.69 Å². The highest BCUT2D eigenvalue weighted by Gasteiger charge is 2.09. The molecule has 9 heteroatoms. The highest BCUT2D eigenvalue weighted by Crippen LogP contribution is 2.25. The SMILES string of the molecule is CC=O.CNC=O.CNc1ccc(-c2cnc3cnc(-c4ccc(Cl)nc4)cn23)cc1. The zero-order valence-corrected chi connectivity index (χ0v) is 18.2. The predicted octanol–water partition coefficient (Wildman–Crippen LogP) is 3.72. The molecule has 0 saturated heterocycles. The first kappa shape index (κ1) is 23.5. The Morgan fingerprint density at radius 2 is 1.55 bits per heavy atom. The summed E-state index contributed by atoms with van der Waals surface area (Å²) in [5.41, 5.74) is 5.70. The summed E-state index contributed by atoms with van der Waals surface area (Å²) < 4.78 is 2.03. The van der Waals surface area contributed by atoms with Gasteiger partial charge < -0.3 is 15.4 Å². The smallest absolute Gasteiger partial charge is 0.206 e. The molecule has 0 aliphatic heterocycles. The minimum Gasteiger partial charge on any atom is -0.388 e. The molecule has 3 aromatic heterocycles. The number of benzene rings is 1. The van der Waals surface area contributed by atoms with Gasteiger partial charge >= 0.3 is 0 Å². The van der Waals surface area contributed by atoms with Crippen LogP contribution in [0.25, 0.3) is 28.2 Å². The van der Waals surface area contributed by atoms with Crippen LogP contribution in [0.1, 0.15) is 6.92 Å². The van der Waals surface area contributed by atoms with Crippen LogP contribution in [0, 0.1) is 0 Å². The van der Waals surface area contributed by atoms with Gasteiger partial charge in [-0.3, -0.25) is 14.2 Å². The third-order valence-electron chi connectivity index (χ3n) is 4.01. The molecule has 0 fully saturated rings. The van der Waals surface area contributed by atoms with Crippen molar-refractivity contribution in [3.8, 4) is 22.5 Å². The zero-order valence-electron chi connectivity index (χ0n) is 17.4. The van der Waals surface area contributed by atoms with Crippen LogP contribution < -0.4 is 10.6 Å². The van der Waals surface area contributed by atoms with Crippen molar-refractivity contribution in [3.63, 3.8) is 0 Å². The molecule has 0 spiro atoms. The van der Waals surface area contributed by atoms with E-state index in [0.29, 0.717) is 11.6 Å². The molecule has 4 aromatic rings. The molecule has 0 aliphatic rings. The maximum absolute atomic E-state index is 9.06. The van der Waals surface area contributed by atoms with Gasteiger partial charge in [0, 0.05) is 43.3 Å². The maximum Gasteiger partial charge on any atom is 0.206 e. The van der Waals surface area contributed by atoms with Gasteiger partial charge in [-0.05, 0) is 31.2 Å². The Balaban J connectivity index is 0.000000431. The molecule has 4 rings (SSSR count). The molecular weight excluding hydrogens is 416 g/mol. The Hall–Kier alpha value is -3.78. The van der Waals surface area contributed by atoms with E-state index in [2.05, 4.69) is 37.7 Å². The summed E-state index contributed by atoms with van der Waals surface area (Å²) in [6.45, 7) is 1.44. The second-order valence-corrected chi connectivity index (χ2v) is 6.37. The number of halogens is 1. The Morgan fingerprint density at radius 1 is 0.903 bits per heavy atom. The van der Waals surface area contributed by atoms with E-state index in [1.165, 1.54) is 6.92 Å². The molecule has 0 aliphatic carbocycles. The molecule has 1 aromatic carbocycles. The van der Waals surface area contributed by atoms with Crippen molar-refractivity contribution < 1.29 is 9.59 Å². The largest absolute Gasteiger partial charge is 0.388 e. The van der Waals surface area contributed by atoms with Gasteiger partial charge in [-0.25, -0.2) is 9.97 Å². The van der Waals surface area contributed by atoms with Gasteiger partial charge in [0.2, 0.25) is 6.41 Å². The normalized spacial score (nSPS) is 9.55. The second kappa shape index (κ2) is 12.0. The number of hydrogen-bond acceptors (Lipinski definition) is 6. The van der Waals surface area contributed by atoms with E-state index in [1.54, 1.807) is 25.5 Å². The lowest BCUT2D eigenvalue weighted by molar-refractivity contribution is -0.109. The first-order chi connectivity index (χ1) is 15.1. The average molecular weight is 439 g/mol. The van der Waals surface area contributed by atoms with Crippen LogP contribution in [-0.4, -0.2) is 46.1 Å². The number of rotatable bonds is 4. The average Bonchev–Trinajstić information content (AvgIpc) is 3.23. The quantitative estimate of drug-likeness (QED) is 0.372. The number of nitrogens with zero attached hydrogens (tertiary/aromatic N) is 4. The molecular formula is C22H23ClN6O2. The van der Waals surface area contributed by atoms with E-state index in [-0.39, 0.29) is 0 Å². The van der Waals surface area contributed by atoms with Crippen molar-refractivity contribution in [2.45, 2.75) is 6.92 Å². The molecule has 0 bridgehead atoms. The van der Waals surface area contributed by atoms with Crippen LogP contribution in [0.2, 0.25) is 5.15 Å². The lowest BCUT2D eigenvalue weighted by atomic mass is 10.1. The number of aromatic nitrogens is 4. The first-order valence-corrected chi connectivity index (χ1v) is 9.69. The number of pyridine rings is 1. The number of aldehydes is 1. The van der Waals surface area contributed by atoms with Crippen LogP contribution >= 0.6 is 11.6 Å². The van der Waals surface area contributed by atoms with Crippen molar-refractivity contribution in [1.29, 1.82) is 0 Å². The summed E-state index contributed by atoms with van der Waals surface area (Å²) in [6, 6.07) is 11.9. The van der Waals surface area contributed by atoms with Crippen molar-refractivity contribution in [2.24, 2.45) is 0 Å². The Labute approximate surface area is 185 Å². The van der Waals surface area contributed by atoms with Crippen molar-refractivity contribution in [3.05, 3.63) is 66.3 Å². The molecule has 0 radical (unpaired) electrons. The van der Waals surface area contributed by atoms with Crippen LogP contribution in [0.5, 0.6) is 0 Å². The van der Waals surface area contributed by atoms with E-state index in [1.807, 2.05) is 42.0 Å². The molecule has 160 valence electrons. The molecule has 3 heterocycles. The summed E-state index contributed by atoms with van der Waals surface area (Å²) in [6.07, 6.45) is 8.67. The van der Waals surface area contributed by atoms with Gasteiger partial charge in [-0.15, -0.1) is 0 Å². The number of amides is 1. The molecule has 1 amide bonds. The van der Waals surface area contributed by atoms with E-state index in [9.17, 15) is 0 Å². The van der Waals surface area contributed by atoms with Gasteiger partial charge in [0.15, 0.2) is 5.65 Å². The third kappa shape index (κ3) is 6.35. The highest BCUT2D eigenvalue weighted by atomic mass is 35.5. The fraction of sp³-hybridized carbons (Fsp3) is 0.136. The minimum atomic E-state index is 0.466. The Morgan fingerprint density at radius 3 is 2.10 bits per heavy atom. The van der Waals surface area contributed by atoms with Gasteiger partial charge in [0.1, 0.15) is 11.4 Å².